The molecule has 15 aromatic heterocycles. The average molecular weight is 1530 g/mol. The zero-order chi connectivity index (χ0) is 74.0. The summed E-state index contributed by atoms with van der Waals surface area (Å²) in [4.78, 5) is 27.2. The monoisotopic (exact) mass is 1530 g/mol. The van der Waals surface area contributed by atoms with Crippen LogP contribution in [0.5, 0.6) is 0 Å². The van der Waals surface area contributed by atoms with Gasteiger partial charge in [0.25, 0.3) is 6.43 Å². The van der Waals surface area contributed by atoms with E-state index in [1.807, 2.05) is 92.7 Å². The Labute approximate surface area is 626 Å². The molecule has 1 saturated carbocycles. The van der Waals surface area contributed by atoms with Gasteiger partial charge >= 0.3 is 0 Å². The highest BCUT2D eigenvalue weighted by molar-refractivity contribution is 7.24. The molecular weight excluding hydrogens is 1450 g/mol. The van der Waals surface area contributed by atoms with Crippen LogP contribution in [0.15, 0.2) is 122 Å². The van der Waals surface area contributed by atoms with Gasteiger partial charge in [-0.15, -0.1) is 56.7 Å². The molecule has 28 nitrogen and oxygen atoms in total. The Morgan fingerprint density at radius 3 is 1.10 bits per heavy atom. The molecule has 1 saturated heterocycles. The minimum atomic E-state index is -2.42. The summed E-state index contributed by atoms with van der Waals surface area (Å²) in [6.07, 6.45) is 11.9. The largest absolute Gasteiger partial charge is 0.396 e. The van der Waals surface area contributed by atoms with Crippen molar-refractivity contribution in [2.45, 2.75) is 96.9 Å². The summed E-state index contributed by atoms with van der Waals surface area (Å²) in [5.41, 5.74) is 42.9. The van der Waals surface area contributed by atoms with Gasteiger partial charge in [-0.2, -0.15) is 25.5 Å². The van der Waals surface area contributed by atoms with Crippen LogP contribution >= 0.6 is 56.7 Å². The van der Waals surface area contributed by atoms with Crippen LogP contribution < -0.4 is 55.3 Å². The van der Waals surface area contributed by atoms with E-state index in [-0.39, 0.29) is 18.1 Å². The van der Waals surface area contributed by atoms with Gasteiger partial charge in [0, 0.05) is 92.0 Å². The summed E-state index contributed by atoms with van der Waals surface area (Å²) in [5.74, 6) is 2.36. The molecular formula is C71H81F2N25O3S5. The van der Waals surface area contributed by atoms with Crippen LogP contribution in [0, 0.1) is 5.41 Å². The topological polar surface area (TPSA) is 448 Å². The van der Waals surface area contributed by atoms with E-state index in [2.05, 4.69) is 122 Å². The Morgan fingerprint density at radius 2 is 0.792 bits per heavy atom. The highest BCUT2D eigenvalue weighted by Gasteiger charge is 2.24. The molecule has 22 N–H and O–H groups in total. The Balaban J connectivity index is 0.000000117. The number of nitrogens with one attached hydrogen (secondary N) is 10. The minimum Gasteiger partial charge on any atom is -0.396 e. The maximum Gasteiger partial charge on any atom is 0.255 e. The van der Waals surface area contributed by atoms with E-state index in [9.17, 15) is 19.0 Å². The number of pyridine rings is 5. The molecule has 2 fully saturated rings. The molecule has 1 aliphatic carbocycles. The number of ether oxygens (including phenoxy) is 1. The van der Waals surface area contributed by atoms with E-state index in [0.717, 1.165) is 173 Å². The fraction of sp³-hybridized carbons (Fsp3) is 0.296. The summed E-state index contributed by atoms with van der Waals surface area (Å²) in [6, 6.07) is 29.9. The first kappa shape index (κ1) is 73.6. The van der Waals surface area contributed by atoms with Gasteiger partial charge in [-0.1, -0.05) is 27.7 Å². The Bertz CT molecular complexity index is 5320. The van der Waals surface area contributed by atoms with E-state index in [4.69, 9.17) is 33.4 Å². The van der Waals surface area contributed by atoms with Crippen LogP contribution in [0.25, 0.3) is 104 Å². The molecule has 1 aliphatic heterocycles. The second-order valence-corrected chi connectivity index (χ2v) is 31.3. The smallest absolute Gasteiger partial charge is 0.255 e. The fourth-order valence-corrected chi connectivity index (χ4v) is 17.0. The number of fused-ring (bicyclic) bond motifs is 5. The van der Waals surface area contributed by atoms with E-state index in [1.165, 1.54) is 11.3 Å². The van der Waals surface area contributed by atoms with Crippen LogP contribution in [0.3, 0.4) is 0 Å². The number of thiophene rings is 5. The maximum atomic E-state index is 12.3. The number of nitrogens with two attached hydrogens (primary N) is 5. The normalized spacial score (nSPS) is 14.5. The molecule has 0 amide bonds. The number of anilines is 10. The lowest BCUT2D eigenvalue weighted by atomic mass is 9.93. The van der Waals surface area contributed by atoms with Crippen molar-refractivity contribution in [1.29, 1.82) is 0 Å². The van der Waals surface area contributed by atoms with Crippen LogP contribution in [-0.4, -0.2) is 150 Å². The zero-order valence-corrected chi connectivity index (χ0v) is 62.3. The number of rotatable bonds is 20. The first-order valence-corrected chi connectivity index (χ1v) is 38.3. The molecule has 2 aliphatic rings. The fourth-order valence-electron chi connectivity index (χ4n) is 11.7. The highest BCUT2D eigenvalue weighted by Crippen LogP contribution is 2.43. The van der Waals surface area contributed by atoms with E-state index in [1.54, 1.807) is 82.4 Å². The quantitative estimate of drug-likeness (QED) is 0.0337. The second-order valence-electron chi connectivity index (χ2n) is 26.1. The number of H-pyrrole nitrogens is 5. The molecule has 0 radical (unpaired) electrons. The van der Waals surface area contributed by atoms with Gasteiger partial charge in [0.2, 0.25) is 0 Å². The molecule has 0 atom stereocenters. The number of hydrogen-bond acceptors (Lipinski definition) is 28. The van der Waals surface area contributed by atoms with Crippen molar-refractivity contribution >= 4 is 165 Å². The van der Waals surface area contributed by atoms with Crippen molar-refractivity contribution in [3.05, 3.63) is 122 Å². The first-order valence-electron chi connectivity index (χ1n) is 34.2. The minimum absolute atomic E-state index is 0.119. The summed E-state index contributed by atoms with van der Waals surface area (Å²) < 4.78 is 35.1. The summed E-state index contributed by atoms with van der Waals surface area (Å²) >= 11 is 8.13. The summed E-state index contributed by atoms with van der Waals surface area (Å²) in [5, 5.41) is 70.4. The molecule has 0 unspecified atom stereocenters. The van der Waals surface area contributed by atoms with Gasteiger partial charge in [0.1, 0.15) is 29.1 Å². The summed E-state index contributed by atoms with van der Waals surface area (Å²) in [6.45, 7) is 10.2. The van der Waals surface area contributed by atoms with Gasteiger partial charge in [0.15, 0.2) is 0 Å². The number of aromatic nitrogens is 15. The molecule has 0 bridgehead atoms. The first-order chi connectivity index (χ1) is 51.3. The third-order valence-corrected chi connectivity index (χ3v) is 23.3. The highest BCUT2D eigenvalue weighted by atomic mass is 32.1. The SMILES string of the molecule is CC(C)(CO)CNc1cc(N)nc2cc(-c3ccn[nH]3)sc12.CCC(CC)Nc1cc(N)nc2cc(-c3ccn[nH]3)sc12.Nc1cc(NC2CCC(O)CC2)c2sc(-c3ccn[nH]3)cc2n1.Nc1cc(NC2COC2)c2sc(-c3ccn[nH]3)cc2n1.Nc1cc(NCC(F)F)c2sc(-c3ccn[nH]3)cc2n1. The van der Waals surface area contributed by atoms with Gasteiger partial charge in [-0.05, 0) is 99.2 Å². The van der Waals surface area contributed by atoms with Crippen LogP contribution in [0.1, 0.15) is 66.2 Å². The van der Waals surface area contributed by atoms with Crippen molar-refractivity contribution in [3.8, 4) is 52.9 Å². The molecule has 35 heteroatoms. The summed E-state index contributed by atoms with van der Waals surface area (Å²) in [7, 11) is 0. The zero-order valence-electron chi connectivity index (χ0n) is 58.2. The number of halogens is 2. The van der Waals surface area contributed by atoms with Crippen molar-refractivity contribution in [3.63, 3.8) is 0 Å². The molecule has 106 heavy (non-hydrogen) atoms. The Hall–Kier alpha value is -10.7. The third-order valence-electron chi connectivity index (χ3n) is 17.4. The number of hydrogen-bond donors (Lipinski definition) is 17. The van der Waals surface area contributed by atoms with Gasteiger partial charge < -0.3 is 70.2 Å². The number of nitrogen functional groups attached to an aromatic ring is 5. The number of aromatic amines is 5. The van der Waals surface area contributed by atoms with Gasteiger partial charge in [-0.3, -0.25) is 25.5 Å². The van der Waals surface area contributed by atoms with E-state index < -0.39 is 13.0 Å². The molecule has 15 aromatic rings. The van der Waals surface area contributed by atoms with E-state index in [0.29, 0.717) is 65.0 Å². The van der Waals surface area contributed by atoms with Crippen molar-refractivity contribution in [1.82, 2.24) is 75.9 Å². The standard InChI is InChI=1S/C16H19N5OS.C15H19N5OS.C15H19N5S.C13H13N5OS.C12H11F2N5S/c17-15-8-13(19-9-1-3-10(22)4-2-9)16-12(20-15)7-14(23-16)11-5-6-18-21-11;1-15(2,8-21)7-17-10-6-13(16)19-11-5-12(22-14(10)11)9-3-4-18-20-9;1-3-9(4-2)18-12-8-14(16)19-11-7-13(21-15(11)12)10-5-6-17-20-10;14-12-4-10(16-7-5-19-6-7)13-9(17-12)3-11(20-13)8-1-2-15-18-8;13-10(14)5-16-7-4-11(15)18-8-3-9(20-12(7)8)6-1-2-17-19-6/h5-10,22H,1-4H2,(H,18,21)(H3,17,19,20);3-6,21H,7-8H2,1-2H3,(H,18,20)(H3,16,17,19);5-9H,3-4H2,1-2H3,(H,17,20)(H3,16,18,19);1-4,7H,5-6H2,(H,15,18)(H3,14,16,17);1-4,10H,5H2,(H,17,19)(H3,15,16,18). The molecule has 17 rings (SSSR count). The predicted molar refractivity (Wildman–Crippen MR) is 430 cm³/mol. The lowest BCUT2D eigenvalue weighted by molar-refractivity contribution is 0.0211. The van der Waals surface area contributed by atoms with Crippen molar-refractivity contribution in [2.75, 3.05) is 88.2 Å². The molecule has 0 aromatic carbocycles. The molecule has 16 heterocycles. The molecule has 0 spiro atoms. The van der Waals surface area contributed by atoms with E-state index >= 15 is 0 Å². The third kappa shape index (κ3) is 18.0. The second kappa shape index (κ2) is 33.2. The lowest BCUT2D eigenvalue weighted by Crippen LogP contribution is -2.40. The number of aliphatic hydroxyl groups is 2. The Kier molecular flexibility index (Phi) is 23.1. The van der Waals surface area contributed by atoms with Gasteiger partial charge in [-0.25, -0.2) is 33.7 Å². The van der Waals surface area contributed by atoms with Crippen LogP contribution in [0.2, 0.25) is 0 Å². The van der Waals surface area contributed by atoms with Crippen molar-refractivity contribution < 1.29 is 23.7 Å². The predicted octanol–water partition coefficient (Wildman–Crippen LogP) is 14.6. The number of nitrogens with zero attached hydrogens (tertiary/aromatic N) is 10. The Morgan fingerprint density at radius 1 is 0.472 bits per heavy atom. The number of aliphatic hydroxyl groups excluding tert-OH is 2. The average Bonchev–Trinajstić information content (AvgIpc) is 1.73. The van der Waals surface area contributed by atoms with Crippen molar-refractivity contribution in [2.24, 2.45) is 5.41 Å². The lowest BCUT2D eigenvalue weighted by Gasteiger charge is -2.28. The van der Waals surface area contributed by atoms with Crippen LogP contribution in [-0.2, 0) is 4.74 Å². The van der Waals surface area contributed by atoms with Gasteiger partial charge in [0.05, 0.1) is 164 Å². The van der Waals surface area contributed by atoms with Crippen LogP contribution in [0.4, 0.5) is 66.3 Å². The number of alkyl halides is 2. The maximum absolute atomic E-state index is 12.3. The molecule has 552 valence electrons.